The largest absolute Gasteiger partial charge is 0.373 e. The predicted octanol–water partition coefficient (Wildman–Crippen LogP) is 1.74. The fraction of sp³-hybridized carbons (Fsp3) is 0.619. The van der Waals surface area contributed by atoms with Gasteiger partial charge in [0.05, 0.1) is 18.6 Å². The van der Waals surface area contributed by atoms with Crippen LogP contribution in [-0.2, 0) is 20.7 Å². The van der Waals surface area contributed by atoms with Crippen molar-refractivity contribution >= 4 is 11.8 Å². The van der Waals surface area contributed by atoms with Gasteiger partial charge < -0.3 is 15.4 Å². The van der Waals surface area contributed by atoms with Crippen molar-refractivity contribution < 1.29 is 14.3 Å². The second-order valence-corrected chi connectivity index (χ2v) is 8.01. The summed E-state index contributed by atoms with van der Waals surface area (Å²) >= 11 is 0. The van der Waals surface area contributed by atoms with Crippen LogP contribution in [0.2, 0.25) is 0 Å². The molecule has 6 nitrogen and oxygen atoms in total. The third-order valence-electron chi connectivity index (χ3n) is 4.88. The van der Waals surface area contributed by atoms with E-state index >= 15 is 0 Å². The van der Waals surface area contributed by atoms with Crippen molar-refractivity contribution in [3.63, 3.8) is 0 Å². The second kappa shape index (κ2) is 9.85. The van der Waals surface area contributed by atoms with E-state index in [-0.39, 0.29) is 36.0 Å². The van der Waals surface area contributed by atoms with Crippen LogP contribution in [0.25, 0.3) is 0 Å². The third kappa shape index (κ3) is 7.31. The van der Waals surface area contributed by atoms with Gasteiger partial charge in [0.1, 0.15) is 0 Å². The zero-order valence-electron chi connectivity index (χ0n) is 17.0. The molecule has 2 rings (SSSR count). The molecule has 0 aromatic heterocycles. The quantitative estimate of drug-likeness (QED) is 0.726. The number of benzene rings is 1. The number of carbonyl (C=O) groups excluding carboxylic acids is 2. The van der Waals surface area contributed by atoms with E-state index in [1.807, 2.05) is 30.3 Å². The molecular formula is C21H33N3O3. The lowest BCUT2D eigenvalue weighted by molar-refractivity contribution is -0.123. The van der Waals surface area contributed by atoms with E-state index in [1.54, 1.807) is 0 Å². The van der Waals surface area contributed by atoms with Gasteiger partial charge in [0, 0.05) is 38.1 Å². The Morgan fingerprint density at radius 3 is 2.33 bits per heavy atom. The molecule has 27 heavy (non-hydrogen) atoms. The summed E-state index contributed by atoms with van der Waals surface area (Å²) in [6, 6.07) is 9.58. The highest BCUT2D eigenvalue weighted by molar-refractivity contribution is 5.80. The van der Waals surface area contributed by atoms with E-state index in [2.05, 4.69) is 43.2 Å². The first-order valence-electron chi connectivity index (χ1n) is 9.74. The van der Waals surface area contributed by atoms with Crippen molar-refractivity contribution in [1.29, 1.82) is 0 Å². The van der Waals surface area contributed by atoms with Crippen molar-refractivity contribution in [2.45, 2.75) is 58.3 Å². The molecule has 1 aromatic rings. The first kappa shape index (κ1) is 21.4. The lowest BCUT2D eigenvalue weighted by atomic mass is 10.00. The number of hydrogen-bond donors (Lipinski definition) is 2. The number of nitrogens with one attached hydrogen (secondary N) is 2. The van der Waals surface area contributed by atoms with Gasteiger partial charge in [0.25, 0.3) is 0 Å². The summed E-state index contributed by atoms with van der Waals surface area (Å²) in [7, 11) is 0. The average molecular weight is 376 g/mol. The molecule has 0 bridgehead atoms. The van der Waals surface area contributed by atoms with Crippen LogP contribution in [0, 0.1) is 0 Å². The molecule has 2 atom stereocenters. The fourth-order valence-corrected chi connectivity index (χ4v) is 3.35. The number of morpholine rings is 1. The number of carbonyl (C=O) groups is 2. The van der Waals surface area contributed by atoms with E-state index in [1.165, 1.54) is 0 Å². The summed E-state index contributed by atoms with van der Waals surface area (Å²) in [5.41, 5.74) is 0.827. The van der Waals surface area contributed by atoms with Crippen LogP contribution in [0.3, 0.4) is 0 Å². The molecule has 1 aromatic carbocycles. The summed E-state index contributed by atoms with van der Waals surface area (Å²) in [6.45, 7) is 11.1. The van der Waals surface area contributed by atoms with Gasteiger partial charge in [-0.3, -0.25) is 14.5 Å². The molecule has 1 aliphatic rings. The summed E-state index contributed by atoms with van der Waals surface area (Å²) in [6.07, 6.45) is 1.02. The molecule has 2 amide bonds. The normalized spacial score (nSPS) is 20.9. The lowest BCUT2D eigenvalue weighted by Gasteiger charge is -2.45. The maximum atomic E-state index is 12.1. The van der Waals surface area contributed by atoms with E-state index in [0.29, 0.717) is 19.5 Å². The Hall–Kier alpha value is -1.92. The van der Waals surface area contributed by atoms with Gasteiger partial charge >= 0.3 is 0 Å². The van der Waals surface area contributed by atoms with E-state index in [0.717, 1.165) is 18.7 Å². The minimum atomic E-state index is -0.140. The van der Waals surface area contributed by atoms with Crippen LogP contribution >= 0.6 is 0 Å². The molecule has 1 fully saturated rings. The van der Waals surface area contributed by atoms with Crippen molar-refractivity contribution in [1.82, 2.24) is 15.5 Å². The first-order valence-corrected chi connectivity index (χ1v) is 9.74. The molecule has 1 heterocycles. The highest BCUT2D eigenvalue weighted by Gasteiger charge is 2.33. The molecular weight excluding hydrogens is 342 g/mol. The van der Waals surface area contributed by atoms with E-state index in [4.69, 9.17) is 4.74 Å². The van der Waals surface area contributed by atoms with Gasteiger partial charge in [-0.1, -0.05) is 30.3 Å². The Bertz CT molecular complexity index is 608. The smallest absolute Gasteiger partial charge is 0.224 e. The lowest BCUT2D eigenvalue weighted by Crippen LogP contribution is -2.58. The van der Waals surface area contributed by atoms with Crippen LogP contribution in [-0.4, -0.2) is 60.6 Å². The SMILES string of the molecule is C[C@H]1CN(C(C)(C)CNC(=O)CCNC(=O)Cc2ccccc2)C[C@H](C)O1. The summed E-state index contributed by atoms with van der Waals surface area (Å²) < 4.78 is 5.79. The van der Waals surface area contributed by atoms with Crippen molar-refractivity contribution in [2.24, 2.45) is 0 Å². The Kier molecular flexibility index (Phi) is 7.80. The van der Waals surface area contributed by atoms with E-state index < -0.39 is 0 Å². The van der Waals surface area contributed by atoms with Crippen LogP contribution < -0.4 is 10.6 Å². The predicted molar refractivity (Wildman–Crippen MR) is 106 cm³/mol. The molecule has 0 spiro atoms. The Labute approximate surface area is 162 Å². The number of amides is 2. The zero-order chi connectivity index (χ0) is 19.9. The monoisotopic (exact) mass is 375 g/mol. The molecule has 1 aliphatic heterocycles. The average Bonchev–Trinajstić information content (AvgIpc) is 2.60. The maximum absolute atomic E-state index is 12.1. The molecule has 150 valence electrons. The zero-order valence-corrected chi connectivity index (χ0v) is 17.0. The summed E-state index contributed by atoms with van der Waals surface area (Å²) in [4.78, 5) is 26.4. The van der Waals surface area contributed by atoms with E-state index in [9.17, 15) is 9.59 Å². The molecule has 0 aliphatic carbocycles. The Balaban J connectivity index is 1.67. The minimum absolute atomic E-state index is 0.0440. The molecule has 6 heteroatoms. The second-order valence-electron chi connectivity index (χ2n) is 8.01. The fourth-order valence-electron chi connectivity index (χ4n) is 3.35. The van der Waals surface area contributed by atoms with Crippen LogP contribution in [0.15, 0.2) is 30.3 Å². The summed E-state index contributed by atoms with van der Waals surface area (Å²) in [5, 5.41) is 5.81. The standard InChI is InChI=1S/C21H33N3O3/c1-16-13-24(14-17(2)27-16)21(3,4)15-23-19(25)10-11-22-20(26)12-18-8-6-5-7-9-18/h5-9,16-17H,10-15H2,1-4H3,(H,22,26)(H,23,25)/t16-,17-/m0/s1. The van der Waals surface area contributed by atoms with Crippen LogP contribution in [0.4, 0.5) is 0 Å². The summed E-state index contributed by atoms with van der Waals surface area (Å²) in [5.74, 6) is -0.108. The minimum Gasteiger partial charge on any atom is -0.373 e. The molecule has 1 saturated heterocycles. The maximum Gasteiger partial charge on any atom is 0.224 e. The van der Waals surface area contributed by atoms with Gasteiger partial charge in [0.2, 0.25) is 11.8 Å². The molecule has 0 radical (unpaired) electrons. The van der Waals surface area contributed by atoms with Gasteiger partial charge in [0.15, 0.2) is 0 Å². The molecule has 0 saturated carbocycles. The highest BCUT2D eigenvalue weighted by atomic mass is 16.5. The van der Waals surface area contributed by atoms with Crippen LogP contribution in [0.1, 0.15) is 39.7 Å². The Morgan fingerprint density at radius 2 is 1.70 bits per heavy atom. The Morgan fingerprint density at radius 1 is 1.07 bits per heavy atom. The molecule has 0 unspecified atom stereocenters. The van der Waals surface area contributed by atoms with Crippen molar-refractivity contribution in [2.75, 3.05) is 26.2 Å². The van der Waals surface area contributed by atoms with Crippen molar-refractivity contribution in [3.8, 4) is 0 Å². The topological polar surface area (TPSA) is 70.7 Å². The van der Waals surface area contributed by atoms with Gasteiger partial charge in [-0.25, -0.2) is 0 Å². The number of nitrogens with zero attached hydrogens (tertiary/aromatic N) is 1. The molecule has 2 N–H and O–H groups in total. The van der Waals surface area contributed by atoms with Crippen LogP contribution in [0.5, 0.6) is 0 Å². The van der Waals surface area contributed by atoms with Gasteiger partial charge in [-0.2, -0.15) is 0 Å². The van der Waals surface area contributed by atoms with Gasteiger partial charge in [-0.15, -0.1) is 0 Å². The number of rotatable bonds is 8. The highest BCUT2D eigenvalue weighted by Crippen LogP contribution is 2.20. The third-order valence-corrected chi connectivity index (χ3v) is 4.88. The van der Waals surface area contributed by atoms with Gasteiger partial charge in [-0.05, 0) is 33.3 Å². The first-order chi connectivity index (χ1) is 12.8. The van der Waals surface area contributed by atoms with Crippen molar-refractivity contribution in [3.05, 3.63) is 35.9 Å². The number of ether oxygens (including phenoxy) is 1. The number of hydrogen-bond acceptors (Lipinski definition) is 4.